The number of methoxy groups -OCH3 is 1. The third kappa shape index (κ3) is 1.86. The van der Waals surface area contributed by atoms with Crippen molar-refractivity contribution in [1.82, 2.24) is 0 Å². The SMILES string of the molecule is C=C[C@H]1C[C@H]2C=CC[C@]3(C(=O)OC)CC=CC[C@@]2(C1)C3=O. The van der Waals surface area contributed by atoms with Crippen LogP contribution in [0.1, 0.15) is 32.1 Å². The number of allylic oxidation sites excluding steroid dienone is 5. The summed E-state index contributed by atoms with van der Waals surface area (Å²) in [4.78, 5) is 25.8. The summed E-state index contributed by atoms with van der Waals surface area (Å²) in [5.41, 5.74) is -1.48. The molecule has 0 N–H and O–H groups in total. The topological polar surface area (TPSA) is 43.4 Å². The summed E-state index contributed by atoms with van der Waals surface area (Å²) < 4.78 is 5.00. The summed E-state index contributed by atoms with van der Waals surface area (Å²) in [6.07, 6.45) is 13.6. The van der Waals surface area contributed by atoms with Gasteiger partial charge in [0.05, 0.1) is 7.11 Å². The number of esters is 1. The van der Waals surface area contributed by atoms with Gasteiger partial charge in [0.15, 0.2) is 5.78 Å². The Morgan fingerprint density at radius 2 is 2.05 bits per heavy atom. The Hall–Kier alpha value is -1.64. The number of hydrogen-bond acceptors (Lipinski definition) is 3. The maximum absolute atomic E-state index is 13.4. The zero-order valence-corrected chi connectivity index (χ0v) is 12.5. The van der Waals surface area contributed by atoms with Crippen LogP contribution in [0.2, 0.25) is 0 Å². The predicted octanol–water partition coefficient (Wildman–Crippen LogP) is 3.22. The van der Waals surface area contributed by atoms with Crippen molar-refractivity contribution >= 4 is 11.8 Å². The first-order chi connectivity index (χ1) is 10.1. The van der Waals surface area contributed by atoms with Crippen LogP contribution in [0.25, 0.3) is 0 Å². The van der Waals surface area contributed by atoms with E-state index < -0.39 is 10.8 Å². The summed E-state index contributed by atoms with van der Waals surface area (Å²) >= 11 is 0. The van der Waals surface area contributed by atoms with Crippen LogP contribution in [-0.4, -0.2) is 18.9 Å². The van der Waals surface area contributed by atoms with Gasteiger partial charge in [-0.3, -0.25) is 9.59 Å². The smallest absolute Gasteiger partial charge is 0.320 e. The number of ether oxygens (including phenoxy) is 1. The lowest BCUT2D eigenvalue weighted by Crippen LogP contribution is -2.48. The molecule has 2 bridgehead atoms. The van der Waals surface area contributed by atoms with Gasteiger partial charge in [-0.05, 0) is 43.9 Å². The molecule has 0 amide bonds. The van der Waals surface area contributed by atoms with Crippen molar-refractivity contribution in [2.24, 2.45) is 22.7 Å². The molecule has 4 atom stereocenters. The van der Waals surface area contributed by atoms with Gasteiger partial charge in [-0.25, -0.2) is 0 Å². The van der Waals surface area contributed by atoms with E-state index in [2.05, 4.69) is 18.7 Å². The number of Topliss-reactive ketones (excluding diaryl/α,β-unsaturated/α-hetero) is 1. The standard InChI is InChI=1S/C18H22O3/c1-3-13-11-14-7-6-10-17(16(20)21-2)8-4-5-9-18(14,12-13)15(17)19/h3-7,13-14H,1,8-12H2,2H3/t13-,14+,17+,18-/m0/s1. The second kappa shape index (κ2) is 4.97. The maximum atomic E-state index is 13.4. The number of fused-ring (bicyclic) bond motifs is 1. The molecule has 0 aliphatic heterocycles. The number of carbonyl (C=O) groups excluding carboxylic acids is 2. The number of rotatable bonds is 2. The van der Waals surface area contributed by atoms with E-state index in [-0.39, 0.29) is 17.7 Å². The second-order valence-corrected chi connectivity index (χ2v) is 6.61. The van der Waals surface area contributed by atoms with Gasteiger partial charge in [0.25, 0.3) is 0 Å². The monoisotopic (exact) mass is 286 g/mol. The van der Waals surface area contributed by atoms with Crippen molar-refractivity contribution in [2.45, 2.75) is 32.1 Å². The first-order valence-electron chi connectivity index (χ1n) is 7.66. The molecule has 3 aliphatic rings. The zero-order chi connectivity index (χ0) is 15.1. The van der Waals surface area contributed by atoms with Crippen molar-refractivity contribution in [1.29, 1.82) is 0 Å². The third-order valence-corrected chi connectivity index (χ3v) is 5.64. The largest absolute Gasteiger partial charge is 0.468 e. The van der Waals surface area contributed by atoms with Crippen LogP contribution >= 0.6 is 0 Å². The highest BCUT2D eigenvalue weighted by molar-refractivity contribution is 6.08. The van der Waals surface area contributed by atoms with Gasteiger partial charge in [0.1, 0.15) is 5.41 Å². The Kier molecular flexibility index (Phi) is 3.39. The van der Waals surface area contributed by atoms with Crippen molar-refractivity contribution in [2.75, 3.05) is 7.11 Å². The van der Waals surface area contributed by atoms with E-state index in [1.54, 1.807) is 0 Å². The van der Waals surface area contributed by atoms with Gasteiger partial charge in [-0.2, -0.15) is 0 Å². The molecule has 3 heteroatoms. The fourth-order valence-electron chi connectivity index (χ4n) is 4.50. The molecule has 0 aromatic heterocycles. The zero-order valence-electron chi connectivity index (χ0n) is 12.5. The van der Waals surface area contributed by atoms with Crippen LogP contribution in [0.3, 0.4) is 0 Å². The Balaban J connectivity index is 2.13. The van der Waals surface area contributed by atoms with Gasteiger partial charge in [-0.15, -0.1) is 6.58 Å². The Morgan fingerprint density at radius 1 is 1.33 bits per heavy atom. The van der Waals surface area contributed by atoms with E-state index in [9.17, 15) is 9.59 Å². The highest BCUT2D eigenvalue weighted by Crippen LogP contribution is 2.57. The summed E-state index contributed by atoms with van der Waals surface area (Å²) in [5.74, 6) is 0.266. The van der Waals surface area contributed by atoms with E-state index in [4.69, 9.17) is 4.74 Å². The van der Waals surface area contributed by atoms with Crippen LogP contribution in [0.15, 0.2) is 37.0 Å². The molecule has 3 aliphatic carbocycles. The molecule has 3 nitrogen and oxygen atoms in total. The van der Waals surface area contributed by atoms with E-state index in [1.165, 1.54) is 7.11 Å². The second-order valence-electron chi connectivity index (χ2n) is 6.61. The molecule has 21 heavy (non-hydrogen) atoms. The predicted molar refractivity (Wildman–Crippen MR) is 80.4 cm³/mol. The average molecular weight is 286 g/mol. The Bertz CT molecular complexity index is 545. The van der Waals surface area contributed by atoms with E-state index in [0.717, 1.165) is 19.3 Å². The van der Waals surface area contributed by atoms with Crippen molar-refractivity contribution in [3.05, 3.63) is 37.0 Å². The van der Waals surface area contributed by atoms with Gasteiger partial charge in [-0.1, -0.05) is 30.4 Å². The molecule has 0 aromatic rings. The van der Waals surface area contributed by atoms with Gasteiger partial charge in [0, 0.05) is 5.41 Å². The van der Waals surface area contributed by atoms with Crippen LogP contribution < -0.4 is 0 Å². The summed E-state index contributed by atoms with van der Waals surface area (Å²) in [5, 5.41) is 0. The van der Waals surface area contributed by atoms with Crippen molar-refractivity contribution in [3.8, 4) is 0 Å². The molecule has 0 unspecified atom stereocenters. The fraction of sp³-hybridized carbons (Fsp3) is 0.556. The lowest BCUT2D eigenvalue weighted by atomic mass is 9.64. The third-order valence-electron chi connectivity index (χ3n) is 5.64. The minimum Gasteiger partial charge on any atom is -0.468 e. The fourth-order valence-corrected chi connectivity index (χ4v) is 4.50. The molecule has 112 valence electrons. The molecule has 0 heterocycles. The van der Waals surface area contributed by atoms with Crippen molar-refractivity contribution < 1.29 is 14.3 Å². The average Bonchev–Trinajstić information content (AvgIpc) is 2.75. The first kappa shape index (κ1) is 14.3. The summed E-state index contributed by atoms with van der Waals surface area (Å²) in [7, 11) is 1.37. The molecule has 3 rings (SSSR count). The lowest BCUT2D eigenvalue weighted by molar-refractivity contribution is -0.161. The molecule has 0 radical (unpaired) electrons. The van der Waals surface area contributed by atoms with E-state index in [0.29, 0.717) is 18.8 Å². The van der Waals surface area contributed by atoms with Crippen LogP contribution in [0.5, 0.6) is 0 Å². The van der Waals surface area contributed by atoms with Crippen molar-refractivity contribution in [3.63, 3.8) is 0 Å². The van der Waals surface area contributed by atoms with Gasteiger partial charge < -0.3 is 4.74 Å². The van der Waals surface area contributed by atoms with E-state index in [1.807, 2.05) is 18.2 Å². The highest BCUT2D eigenvalue weighted by atomic mass is 16.5. The molecule has 0 saturated heterocycles. The number of hydrogen-bond donors (Lipinski definition) is 0. The van der Waals surface area contributed by atoms with Gasteiger partial charge in [0.2, 0.25) is 0 Å². The number of ketones is 1. The Labute approximate surface area is 125 Å². The van der Waals surface area contributed by atoms with Crippen LogP contribution in [0, 0.1) is 22.7 Å². The molecule has 1 saturated carbocycles. The minimum absolute atomic E-state index is 0.0891. The molecular weight excluding hydrogens is 264 g/mol. The summed E-state index contributed by atoms with van der Waals surface area (Å²) in [6, 6.07) is 0. The maximum Gasteiger partial charge on any atom is 0.320 e. The van der Waals surface area contributed by atoms with Gasteiger partial charge >= 0.3 is 5.97 Å². The first-order valence-corrected chi connectivity index (χ1v) is 7.66. The molecule has 1 fully saturated rings. The molecule has 0 aromatic carbocycles. The molecule has 1 spiro atoms. The number of carbonyl (C=O) groups is 2. The lowest BCUT2D eigenvalue weighted by Gasteiger charge is -2.36. The highest BCUT2D eigenvalue weighted by Gasteiger charge is 2.60. The minimum atomic E-state index is -1.02. The van der Waals surface area contributed by atoms with Crippen LogP contribution in [0.4, 0.5) is 0 Å². The Morgan fingerprint density at radius 3 is 2.76 bits per heavy atom. The quantitative estimate of drug-likeness (QED) is 0.445. The molecular formula is C18H22O3. The van der Waals surface area contributed by atoms with E-state index >= 15 is 0 Å². The van der Waals surface area contributed by atoms with Crippen LogP contribution in [-0.2, 0) is 14.3 Å². The summed E-state index contributed by atoms with van der Waals surface area (Å²) in [6.45, 7) is 3.90. The normalized spacial score (nSPS) is 41.1.